The monoisotopic (exact) mass is 201 g/mol. The molecular formula is C7H4FNO3S. The Balaban J connectivity index is 2.60. The Hall–Kier alpha value is -1.43. The first-order valence-electron chi connectivity index (χ1n) is 3.36. The van der Waals surface area contributed by atoms with Gasteiger partial charge in [0.25, 0.3) is 0 Å². The second kappa shape index (κ2) is 2.53. The Morgan fingerprint density at radius 1 is 1.38 bits per heavy atom. The molecule has 0 atom stereocenters. The second-order valence-corrected chi connectivity index (χ2v) is 3.66. The van der Waals surface area contributed by atoms with E-state index in [0.717, 1.165) is 12.3 Å². The number of halogens is 1. The summed E-state index contributed by atoms with van der Waals surface area (Å²) in [5.74, 6) is -0.584. The lowest BCUT2D eigenvalue weighted by Crippen LogP contribution is -2.12. The van der Waals surface area contributed by atoms with Crippen LogP contribution in [0, 0.1) is 5.82 Å². The average molecular weight is 201 g/mol. The van der Waals surface area contributed by atoms with E-state index in [1.54, 1.807) is 0 Å². The fourth-order valence-electron chi connectivity index (χ4n) is 0.943. The van der Waals surface area contributed by atoms with Gasteiger partial charge in [0.05, 0.1) is 6.21 Å². The molecule has 1 aliphatic rings. The lowest BCUT2D eigenvalue weighted by Gasteiger charge is -2.09. The van der Waals surface area contributed by atoms with Crippen molar-refractivity contribution in [3.8, 4) is 5.75 Å². The van der Waals surface area contributed by atoms with Gasteiger partial charge in [-0.1, -0.05) is 0 Å². The van der Waals surface area contributed by atoms with Gasteiger partial charge < -0.3 is 4.18 Å². The van der Waals surface area contributed by atoms with Crippen molar-refractivity contribution < 1.29 is 17.0 Å². The van der Waals surface area contributed by atoms with Crippen LogP contribution in [-0.2, 0) is 10.3 Å². The van der Waals surface area contributed by atoms with Crippen molar-refractivity contribution in [2.75, 3.05) is 0 Å². The van der Waals surface area contributed by atoms with Gasteiger partial charge in [0, 0.05) is 11.6 Å². The highest BCUT2D eigenvalue weighted by molar-refractivity contribution is 7.86. The smallest absolute Gasteiger partial charge is 0.365 e. The first-order valence-corrected chi connectivity index (χ1v) is 4.73. The van der Waals surface area contributed by atoms with E-state index in [-0.39, 0.29) is 5.75 Å². The summed E-state index contributed by atoms with van der Waals surface area (Å²) in [6.45, 7) is 0. The SMILES string of the molecule is O=S1(=O)N=Cc2ccc(F)cc2O1. The summed E-state index contributed by atoms with van der Waals surface area (Å²) in [5, 5.41) is 0. The van der Waals surface area contributed by atoms with Gasteiger partial charge in [0.1, 0.15) is 5.82 Å². The average Bonchev–Trinajstić information content (AvgIpc) is 2.01. The highest BCUT2D eigenvalue weighted by Gasteiger charge is 2.18. The van der Waals surface area contributed by atoms with Crippen LogP contribution in [0.25, 0.3) is 0 Å². The molecule has 0 aliphatic carbocycles. The molecule has 68 valence electrons. The predicted octanol–water partition coefficient (Wildman–Crippen LogP) is 0.882. The summed E-state index contributed by atoms with van der Waals surface area (Å²) in [6, 6.07) is 3.59. The normalized spacial score (nSPS) is 17.6. The minimum absolute atomic E-state index is 0.0324. The lowest BCUT2D eigenvalue weighted by molar-refractivity contribution is 0.482. The Labute approximate surface area is 73.9 Å². The van der Waals surface area contributed by atoms with Crippen molar-refractivity contribution in [1.29, 1.82) is 0 Å². The summed E-state index contributed by atoms with van der Waals surface area (Å²) < 4.78 is 41.8. The molecule has 1 aromatic rings. The highest BCUT2D eigenvalue weighted by atomic mass is 32.2. The maximum atomic E-state index is 12.6. The molecule has 4 nitrogen and oxygen atoms in total. The van der Waals surface area contributed by atoms with Gasteiger partial charge in [0.2, 0.25) is 0 Å². The molecule has 0 saturated heterocycles. The van der Waals surface area contributed by atoms with E-state index >= 15 is 0 Å². The fourth-order valence-corrected chi connectivity index (χ4v) is 1.60. The maximum Gasteiger partial charge on any atom is 0.428 e. The van der Waals surface area contributed by atoms with Crippen molar-refractivity contribution in [2.45, 2.75) is 0 Å². The molecule has 0 amide bonds. The topological polar surface area (TPSA) is 55.7 Å². The largest absolute Gasteiger partial charge is 0.428 e. The Kier molecular flexibility index (Phi) is 1.59. The molecule has 0 unspecified atom stereocenters. The number of hydrogen-bond donors (Lipinski definition) is 0. The molecule has 0 fully saturated rings. The lowest BCUT2D eigenvalue weighted by atomic mass is 10.2. The molecule has 1 aliphatic heterocycles. The van der Waals surface area contributed by atoms with Crippen molar-refractivity contribution in [2.24, 2.45) is 4.40 Å². The van der Waals surface area contributed by atoms with Gasteiger partial charge in [-0.2, -0.15) is 8.42 Å². The standard InChI is InChI=1S/C7H4FNO3S/c8-6-2-1-5-4-9-13(10,11)12-7(5)3-6/h1-4H. The molecule has 0 radical (unpaired) electrons. The number of rotatable bonds is 0. The molecule has 6 heteroatoms. The molecule has 0 spiro atoms. The quantitative estimate of drug-likeness (QED) is 0.626. The fraction of sp³-hybridized carbons (Fsp3) is 0. The number of fused-ring (bicyclic) bond motifs is 1. The van der Waals surface area contributed by atoms with Crippen LogP contribution < -0.4 is 4.18 Å². The minimum atomic E-state index is -3.91. The van der Waals surface area contributed by atoms with Crippen molar-refractivity contribution in [3.63, 3.8) is 0 Å². The molecule has 0 bridgehead atoms. The molecule has 0 N–H and O–H groups in total. The Bertz CT molecular complexity index is 481. The molecule has 0 saturated carbocycles. The summed E-state index contributed by atoms with van der Waals surface area (Å²) >= 11 is 0. The van der Waals surface area contributed by atoms with Crippen LogP contribution in [0.2, 0.25) is 0 Å². The third-order valence-corrected chi connectivity index (χ3v) is 2.25. The van der Waals surface area contributed by atoms with Crippen molar-refractivity contribution >= 4 is 16.5 Å². The number of hydrogen-bond acceptors (Lipinski definition) is 3. The van der Waals surface area contributed by atoms with E-state index in [4.69, 9.17) is 0 Å². The van der Waals surface area contributed by atoms with E-state index in [0.29, 0.717) is 5.56 Å². The first kappa shape index (κ1) is 8.18. The van der Waals surface area contributed by atoms with E-state index in [1.165, 1.54) is 12.1 Å². The van der Waals surface area contributed by atoms with Gasteiger partial charge in [-0.15, -0.1) is 4.40 Å². The molecule has 1 heterocycles. The van der Waals surface area contributed by atoms with Gasteiger partial charge in [-0.25, -0.2) is 4.39 Å². The van der Waals surface area contributed by atoms with Crippen LogP contribution in [0.1, 0.15) is 5.56 Å². The Morgan fingerprint density at radius 3 is 2.92 bits per heavy atom. The van der Waals surface area contributed by atoms with E-state index in [2.05, 4.69) is 8.58 Å². The predicted molar refractivity (Wildman–Crippen MR) is 43.5 cm³/mol. The summed E-state index contributed by atoms with van der Waals surface area (Å²) in [4.78, 5) is 0. The van der Waals surface area contributed by atoms with E-state index in [9.17, 15) is 12.8 Å². The van der Waals surface area contributed by atoms with Crippen molar-refractivity contribution in [3.05, 3.63) is 29.6 Å². The molecular weight excluding hydrogens is 197 g/mol. The van der Waals surface area contributed by atoms with Crippen LogP contribution in [0.5, 0.6) is 5.75 Å². The van der Waals surface area contributed by atoms with E-state index < -0.39 is 16.1 Å². The van der Waals surface area contributed by atoms with Crippen LogP contribution in [0.4, 0.5) is 4.39 Å². The maximum absolute atomic E-state index is 12.6. The third kappa shape index (κ3) is 1.52. The number of nitrogens with zero attached hydrogens (tertiary/aromatic N) is 1. The molecule has 2 rings (SSSR count). The van der Waals surface area contributed by atoms with Gasteiger partial charge in [-0.3, -0.25) is 0 Å². The third-order valence-electron chi connectivity index (χ3n) is 1.49. The minimum Gasteiger partial charge on any atom is -0.365 e. The van der Waals surface area contributed by atoms with Crippen LogP contribution in [0.3, 0.4) is 0 Å². The van der Waals surface area contributed by atoms with Gasteiger partial charge in [-0.05, 0) is 12.1 Å². The van der Waals surface area contributed by atoms with Crippen molar-refractivity contribution in [1.82, 2.24) is 0 Å². The van der Waals surface area contributed by atoms with E-state index in [1.807, 2.05) is 0 Å². The summed E-state index contributed by atoms with van der Waals surface area (Å²) in [7, 11) is -3.91. The van der Waals surface area contributed by atoms with Crippen LogP contribution in [0.15, 0.2) is 22.6 Å². The first-order chi connectivity index (χ1) is 6.07. The van der Waals surface area contributed by atoms with Gasteiger partial charge in [0.15, 0.2) is 5.75 Å². The second-order valence-electron chi connectivity index (χ2n) is 2.43. The van der Waals surface area contributed by atoms with Crippen LogP contribution >= 0.6 is 0 Å². The molecule has 13 heavy (non-hydrogen) atoms. The zero-order valence-electron chi connectivity index (χ0n) is 6.27. The summed E-state index contributed by atoms with van der Waals surface area (Å²) in [6.07, 6.45) is 1.12. The van der Waals surface area contributed by atoms with Crippen LogP contribution in [-0.4, -0.2) is 14.6 Å². The highest BCUT2D eigenvalue weighted by Crippen LogP contribution is 2.23. The van der Waals surface area contributed by atoms with Gasteiger partial charge >= 0.3 is 10.3 Å². The summed E-state index contributed by atoms with van der Waals surface area (Å²) in [5.41, 5.74) is 0.441. The Morgan fingerprint density at radius 2 is 2.15 bits per heavy atom. The zero-order valence-corrected chi connectivity index (χ0v) is 7.08. The number of benzene rings is 1. The molecule has 0 aromatic heterocycles. The molecule has 1 aromatic carbocycles. The zero-order chi connectivity index (χ0) is 9.47.